The molecule has 10 heteroatoms. The smallest absolute Gasteiger partial charge is 0.261 e. The molecule has 2 aromatic heterocycles. The molecule has 0 saturated heterocycles. The van der Waals surface area contributed by atoms with Gasteiger partial charge in [-0.3, -0.25) is 19.3 Å². The van der Waals surface area contributed by atoms with Crippen molar-refractivity contribution in [2.75, 3.05) is 11.9 Å². The Labute approximate surface area is 192 Å². The molecular formula is C23H19N5O4S. The van der Waals surface area contributed by atoms with Gasteiger partial charge in [0.25, 0.3) is 11.8 Å². The number of nitrogens with zero attached hydrogens (tertiary/aromatic N) is 4. The predicted octanol–water partition coefficient (Wildman–Crippen LogP) is 3.32. The number of hydrogen-bond acceptors (Lipinski definition) is 8. The Kier molecular flexibility index (Phi) is 5.21. The highest BCUT2D eigenvalue weighted by molar-refractivity contribution is 7.15. The summed E-state index contributed by atoms with van der Waals surface area (Å²) in [7, 11) is 0. The Morgan fingerprint density at radius 3 is 2.55 bits per heavy atom. The number of benzene rings is 2. The Balaban J connectivity index is 1.21. The van der Waals surface area contributed by atoms with E-state index in [2.05, 4.69) is 20.7 Å². The molecule has 33 heavy (non-hydrogen) atoms. The molecule has 0 radical (unpaired) electrons. The minimum absolute atomic E-state index is 0.0415. The second-order valence-electron chi connectivity index (χ2n) is 7.87. The van der Waals surface area contributed by atoms with Crippen molar-refractivity contribution in [3.05, 3.63) is 69.4 Å². The molecule has 4 aromatic rings. The summed E-state index contributed by atoms with van der Waals surface area (Å²) in [6.07, 6.45) is 0.394. The van der Waals surface area contributed by atoms with Gasteiger partial charge < -0.3 is 9.84 Å². The third-order valence-electron chi connectivity index (χ3n) is 5.45. The lowest BCUT2D eigenvalue weighted by Gasteiger charge is -2.12. The molecule has 3 amide bonds. The van der Waals surface area contributed by atoms with Crippen molar-refractivity contribution in [3.8, 4) is 0 Å². The lowest BCUT2D eigenvalue weighted by molar-refractivity contribution is -0.115. The number of carbonyl (C=O) groups excluding carboxylic acids is 3. The van der Waals surface area contributed by atoms with Crippen LogP contribution in [0.3, 0.4) is 0 Å². The van der Waals surface area contributed by atoms with E-state index in [1.165, 1.54) is 16.2 Å². The first-order valence-electron chi connectivity index (χ1n) is 10.3. The van der Waals surface area contributed by atoms with Crippen LogP contribution in [0.15, 0.2) is 40.9 Å². The number of rotatable bonds is 6. The van der Waals surface area contributed by atoms with Gasteiger partial charge in [-0.25, -0.2) is 0 Å². The van der Waals surface area contributed by atoms with Crippen molar-refractivity contribution >= 4 is 45.2 Å². The van der Waals surface area contributed by atoms with Gasteiger partial charge in [-0.2, -0.15) is 0 Å². The van der Waals surface area contributed by atoms with E-state index in [4.69, 9.17) is 4.52 Å². The third-order valence-corrected chi connectivity index (χ3v) is 6.34. The molecule has 5 rings (SSSR count). The molecule has 3 heterocycles. The standard InChI is InChI=1S/C23H19N5O4S/c1-12-9-13(2)20-16(10-12)17(27-32-20)11-18(29)24-23-26-25-19(33-23)7-8-28-21(30)14-5-3-4-6-15(14)22(28)31/h3-6,9-10H,7-8,11H2,1-2H3,(H,24,26,29). The normalized spacial score (nSPS) is 13.1. The number of imide groups is 1. The van der Waals surface area contributed by atoms with E-state index in [0.29, 0.717) is 39.0 Å². The molecule has 0 aliphatic carbocycles. The van der Waals surface area contributed by atoms with Gasteiger partial charge in [-0.1, -0.05) is 34.7 Å². The van der Waals surface area contributed by atoms with Crippen molar-refractivity contribution in [1.29, 1.82) is 0 Å². The fraction of sp³-hybridized carbons (Fsp3) is 0.217. The zero-order valence-corrected chi connectivity index (χ0v) is 18.7. The third kappa shape index (κ3) is 3.89. The molecule has 166 valence electrons. The summed E-state index contributed by atoms with van der Waals surface area (Å²) in [5, 5.41) is 16.6. The summed E-state index contributed by atoms with van der Waals surface area (Å²) >= 11 is 1.20. The van der Waals surface area contributed by atoms with E-state index < -0.39 is 0 Å². The molecule has 0 atom stereocenters. The molecule has 1 N–H and O–H groups in total. The van der Waals surface area contributed by atoms with Gasteiger partial charge >= 0.3 is 0 Å². The van der Waals surface area contributed by atoms with Crippen LogP contribution in [0.4, 0.5) is 5.13 Å². The van der Waals surface area contributed by atoms with Crippen LogP contribution in [0, 0.1) is 13.8 Å². The number of carbonyl (C=O) groups is 3. The molecular weight excluding hydrogens is 442 g/mol. The minimum Gasteiger partial charge on any atom is -0.356 e. The molecule has 1 aliphatic rings. The fourth-order valence-electron chi connectivity index (χ4n) is 3.94. The SMILES string of the molecule is Cc1cc(C)c2onc(CC(=O)Nc3nnc(CCN4C(=O)c5ccccc5C4=O)s3)c2c1. The Hall–Kier alpha value is -3.92. The maximum atomic E-state index is 12.5. The average molecular weight is 462 g/mol. The number of nitrogens with one attached hydrogen (secondary N) is 1. The number of fused-ring (bicyclic) bond motifs is 2. The van der Waals surface area contributed by atoms with Gasteiger partial charge in [-0.15, -0.1) is 10.2 Å². The first-order valence-corrected chi connectivity index (χ1v) is 11.2. The van der Waals surface area contributed by atoms with Crippen molar-refractivity contribution in [2.45, 2.75) is 26.7 Å². The van der Waals surface area contributed by atoms with Crippen LogP contribution >= 0.6 is 11.3 Å². The van der Waals surface area contributed by atoms with Crippen molar-refractivity contribution < 1.29 is 18.9 Å². The molecule has 0 bridgehead atoms. The maximum Gasteiger partial charge on any atom is 0.261 e. The van der Waals surface area contributed by atoms with E-state index >= 15 is 0 Å². The number of aryl methyl sites for hydroxylation is 2. The number of anilines is 1. The fourth-order valence-corrected chi connectivity index (χ4v) is 4.68. The zero-order chi connectivity index (χ0) is 23.1. The van der Waals surface area contributed by atoms with Gasteiger partial charge in [0.1, 0.15) is 10.7 Å². The molecule has 0 saturated carbocycles. The summed E-state index contributed by atoms with van der Waals surface area (Å²) in [6.45, 7) is 4.11. The second kappa shape index (κ2) is 8.21. The van der Waals surface area contributed by atoms with Crippen molar-refractivity contribution in [1.82, 2.24) is 20.3 Å². The quantitative estimate of drug-likeness (QED) is 0.438. The molecule has 0 fully saturated rings. The van der Waals surface area contributed by atoms with Crippen LogP contribution in [-0.4, -0.2) is 44.5 Å². The van der Waals surface area contributed by atoms with Crippen LogP contribution in [0.2, 0.25) is 0 Å². The maximum absolute atomic E-state index is 12.5. The Bertz CT molecular complexity index is 1390. The van der Waals surface area contributed by atoms with E-state index in [0.717, 1.165) is 16.5 Å². The predicted molar refractivity (Wildman–Crippen MR) is 121 cm³/mol. The Morgan fingerprint density at radius 2 is 1.82 bits per heavy atom. The number of amides is 3. The lowest BCUT2D eigenvalue weighted by atomic mass is 10.1. The minimum atomic E-state index is -0.307. The molecule has 0 unspecified atom stereocenters. The summed E-state index contributed by atoms with van der Waals surface area (Å²) in [5.74, 6) is -0.898. The van der Waals surface area contributed by atoms with Gasteiger partial charge in [0.05, 0.1) is 17.5 Å². The summed E-state index contributed by atoms with van der Waals surface area (Å²) in [6, 6.07) is 10.7. The first kappa shape index (κ1) is 21.0. The second-order valence-corrected chi connectivity index (χ2v) is 8.93. The van der Waals surface area contributed by atoms with Crippen LogP contribution in [-0.2, 0) is 17.6 Å². The van der Waals surface area contributed by atoms with Gasteiger partial charge in [0.2, 0.25) is 11.0 Å². The highest BCUT2D eigenvalue weighted by Crippen LogP contribution is 2.25. The Morgan fingerprint density at radius 1 is 1.09 bits per heavy atom. The largest absolute Gasteiger partial charge is 0.356 e. The molecule has 9 nitrogen and oxygen atoms in total. The zero-order valence-electron chi connectivity index (χ0n) is 17.9. The van der Waals surface area contributed by atoms with E-state index in [1.807, 2.05) is 26.0 Å². The van der Waals surface area contributed by atoms with Gasteiger partial charge in [0.15, 0.2) is 5.58 Å². The average Bonchev–Trinajstić information content (AvgIpc) is 3.46. The van der Waals surface area contributed by atoms with Crippen molar-refractivity contribution in [2.24, 2.45) is 0 Å². The van der Waals surface area contributed by atoms with E-state index in [-0.39, 0.29) is 30.7 Å². The van der Waals surface area contributed by atoms with E-state index in [9.17, 15) is 14.4 Å². The first-order chi connectivity index (χ1) is 15.9. The van der Waals surface area contributed by atoms with Gasteiger partial charge in [-0.05, 0) is 43.2 Å². The molecule has 2 aromatic carbocycles. The summed E-state index contributed by atoms with van der Waals surface area (Å²) in [4.78, 5) is 38.7. The van der Waals surface area contributed by atoms with E-state index in [1.54, 1.807) is 24.3 Å². The van der Waals surface area contributed by atoms with Crippen LogP contribution < -0.4 is 5.32 Å². The monoisotopic (exact) mass is 461 g/mol. The van der Waals surface area contributed by atoms with Crippen LogP contribution in [0.1, 0.15) is 42.5 Å². The highest BCUT2D eigenvalue weighted by Gasteiger charge is 2.34. The van der Waals surface area contributed by atoms with Crippen molar-refractivity contribution in [3.63, 3.8) is 0 Å². The lowest BCUT2D eigenvalue weighted by Crippen LogP contribution is -2.31. The highest BCUT2D eigenvalue weighted by atomic mass is 32.1. The van der Waals surface area contributed by atoms with Crippen LogP contribution in [0.25, 0.3) is 11.0 Å². The molecule has 0 spiro atoms. The summed E-state index contributed by atoms with van der Waals surface area (Å²) in [5.41, 5.74) is 4.10. The van der Waals surface area contributed by atoms with Crippen LogP contribution in [0.5, 0.6) is 0 Å². The topological polar surface area (TPSA) is 118 Å². The number of aromatic nitrogens is 3. The van der Waals surface area contributed by atoms with Gasteiger partial charge in [0, 0.05) is 18.4 Å². The molecule has 1 aliphatic heterocycles. The number of hydrogen-bond donors (Lipinski definition) is 1. The summed E-state index contributed by atoms with van der Waals surface area (Å²) < 4.78 is 5.40.